The van der Waals surface area contributed by atoms with E-state index in [1.165, 1.54) is 0 Å². The maximum Gasteiger partial charge on any atom is 0.190 e. The minimum atomic E-state index is -1.87. The Morgan fingerprint density at radius 2 is 1.50 bits per heavy atom. The second-order valence-corrected chi connectivity index (χ2v) is 11.1. The average molecular weight is 198 g/mol. The Balaban J connectivity index is 3.83. The maximum absolute atomic E-state index is 11.7. The summed E-state index contributed by atoms with van der Waals surface area (Å²) in [6.45, 7) is 6.12. The van der Waals surface area contributed by atoms with Gasteiger partial charge in [0.2, 0.25) is 0 Å². The first kappa shape index (κ1) is 10.9. The molecule has 0 saturated carbocycles. The minimum absolute atomic E-state index is 0.823. The maximum atomic E-state index is 11.7. The summed E-state index contributed by atoms with van der Waals surface area (Å²) in [6.07, 6.45) is 0.823. The monoisotopic (exact) mass is 198 g/mol. The summed E-state index contributed by atoms with van der Waals surface area (Å²) in [5.41, 5.74) is -1.87. The highest BCUT2D eigenvalue weighted by atomic mass is 33.1. The van der Waals surface area contributed by atoms with E-state index in [-0.39, 0.29) is 0 Å². The highest BCUT2D eigenvalue weighted by Gasteiger charge is 2.18. The van der Waals surface area contributed by atoms with Crippen molar-refractivity contribution in [2.45, 2.75) is 20.8 Å². The molecule has 0 heterocycles. The van der Waals surface area contributed by atoms with Crippen molar-refractivity contribution in [3.8, 4) is 0 Å². The third-order valence-corrected chi connectivity index (χ3v) is 10.5. The van der Waals surface area contributed by atoms with E-state index in [1.54, 1.807) is 22.8 Å². The molecule has 0 saturated heterocycles. The SMILES string of the molecule is CCSP(=O)(CC)SCC. The van der Waals surface area contributed by atoms with Crippen LogP contribution in [-0.2, 0) is 4.57 Å². The average Bonchev–Trinajstić information content (AvgIpc) is 1.89. The summed E-state index contributed by atoms with van der Waals surface area (Å²) in [4.78, 5) is 0. The normalized spacial score (nSPS) is 11.9. The van der Waals surface area contributed by atoms with Crippen LogP contribution in [0.15, 0.2) is 0 Å². The molecule has 0 aromatic carbocycles. The van der Waals surface area contributed by atoms with Crippen LogP contribution in [0.2, 0.25) is 0 Å². The molecule has 0 unspecified atom stereocenters. The highest BCUT2D eigenvalue weighted by Crippen LogP contribution is 2.68. The minimum Gasteiger partial charge on any atom is -0.300 e. The summed E-state index contributed by atoms with van der Waals surface area (Å²) < 4.78 is 11.7. The lowest BCUT2D eigenvalue weighted by molar-refractivity contribution is 0.594. The molecular formula is C6H15OPS2. The topological polar surface area (TPSA) is 17.1 Å². The number of hydrogen-bond acceptors (Lipinski definition) is 3. The fraction of sp³-hybridized carbons (Fsp3) is 1.00. The van der Waals surface area contributed by atoms with Gasteiger partial charge in [-0.25, -0.2) is 0 Å². The molecule has 0 radical (unpaired) electrons. The molecule has 0 aromatic heterocycles. The van der Waals surface area contributed by atoms with Crippen molar-refractivity contribution >= 4 is 28.3 Å². The van der Waals surface area contributed by atoms with E-state index in [2.05, 4.69) is 13.8 Å². The zero-order chi connectivity index (χ0) is 8.04. The van der Waals surface area contributed by atoms with Crippen molar-refractivity contribution in [1.82, 2.24) is 0 Å². The smallest absolute Gasteiger partial charge is 0.190 e. The fourth-order valence-electron chi connectivity index (χ4n) is 0.613. The van der Waals surface area contributed by atoms with Crippen LogP contribution in [-0.4, -0.2) is 17.7 Å². The molecule has 0 spiro atoms. The second-order valence-electron chi connectivity index (χ2n) is 1.76. The van der Waals surface area contributed by atoms with Gasteiger partial charge in [-0.3, -0.25) is 0 Å². The first-order chi connectivity index (χ1) is 4.68. The highest BCUT2D eigenvalue weighted by molar-refractivity contribution is 8.90. The Bertz CT molecular complexity index is 117. The Labute approximate surface area is 71.6 Å². The molecule has 10 heavy (non-hydrogen) atoms. The summed E-state index contributed by atoms with van der Waals surface area (Å²) in [7, 11) is 0. The molecule has 0 aliphatic rings. The Morgan fingerprint density at radius 1 is 1.10 bits per heavy atom. The summed E-state index contributed by atoms with van der Waals surface area (Å²) in [6, 6.07) is 0. The number of rotatable bonds is 5. The van der Waals surface area contributed by atoms with E-state index in [1.807, 2.05) is 6.92 Å². The van der Waals surface area contributed by atoms with Gasteiger partial charge in [-0.15, -0.1) is 0 Å². The van der Waals surface area contributed by atoms with E-state index in [9.17, 15) is 4.57 Å². The molecule has 0 rings (SSSR count). The molecule has 4 heteroatoms. The molecule has 0 aliphatic carbocycles. The first-order valence-corrected chi connectivity index (χ1v) is 8.64. The van der Waals surface area contributed by atoms with Crippen molar-refractivity contribution in [2.24, 2.45) is 0 Å². The quantitative estimate of drug-likeness (QED) is 0.627. The van der Waals surface area contributed by atoms with Gasteiger partial charge >= 0.3 is 0 Å². The predicted octanol–water partition coefficient (Wildman–Crippen LogP) is 3.71. The van der Waals surface area contributed by atoms with Gasteiger partial charge < -0.3 is 4.57 Å². The third kappa shape index (κ3) is 3.95. The lowest BCUT2D eigenvalue weighted by atomic mass is 11.0. The van der Waals surface area contributed by atoms with E-state index < -0.39 is 5.55 Å². The summed E-state index contributed by atoms with van der Waals surface area (Å²) in [5, 5.41) is 0. The van der Waals surface area contributed by atoms with Crippen LogP contribution in [0.3, 0.4) is 0 Å². The lowest BCUT2D eigenvalue weighted by Gasteiger charge is -2.11. The van der Waals surface area contributed by atoms with E-state index in [0.29, 0.717) is 0 Å². The Kier molecular flexibility index (Phi) is 6.08. The van der Waals surface area contributed by atoms with Crippen molar-refractivity contribution < 1.29 is 4.57 Å². The molecule has 0 atom stereocenters. The largest absolute Gasteiger partial charge is 0.300 e. The second kappa shape index (κ2) is 5.56. The van der Waals surface area contributed by atoms with Crippen LogP contribution < -0.4 is 0 Å². The van der Waals surface area contributed by atoms with Gasteiger partial charge in [0.15, 0.2) is 5.55 Å². The molecule has 0 aromatic rings. The summed E-state index contributed by atoms with van der Waals surface area (Å²) >= 11 is 3.24. The van der Waals surface area contributed by atoms with Crippen LogP contribution in [0.25, 0.3) is 0 Å². The lowest BCUT2D eigenvalue weighted by Crippen LogP contribution is -1.77. The molecule has 1 nitrogen and oxygen atoms in total. The van der Waals surface area contributed by atoms with Crippen molar-refractivity contribution in [2.75, 3.05) is 17.7 Å². The molecule has 0 N–H and O–H groups in total. The van der Waals surface area contributed by atoms with Crippen LogP contribution >= 0.6 is 28.3 Å². The number of hydrogen-bond donors (Lipinski definition) is 0. The Hall–Kier alpha value is 0.930. The van der Waals surface area contributed by atoms with Crippen LogP contribution in [0.1, 0.15) is 20.8 Å². The van der Waals surface area contributed by atoms with Crippen LogP contribution in [0, 0.1) is 0 Å². The van der Waals surface area contributed by atoms with Gasteiger partial charge in [0.05, 0.1) is 0 Å². The zero-order valence-corrected chi connectivity index (χ0v) is 9.32. The first-order valence-electron chi connectivity index (χ1n) is 3.56. The van der Waals surface area contributed by atoms with Crippen LogP contribution in [0.4, 0.5) is 0 Å². The van der Waals surface area contributed by atoms with Gasteiger partial charge in [0, 0.05) is 6.16 Å². The molecule has 62 valence electrons. The summed E-state index contributed by atoms with van der Waals surface area (Å²) in [5.74, 6) is 1.94. The fourth-order valence-corrected chi connectivity index (χ4v) is 8.09. The molecular weight excluding hydrogens is 183 g/mol. The van der Waals surface area contributed by atoms with E-state index in [0.717, 1.165) is 17.7 Å². The molecule has 0 amide bonds. The standard InChI is InChI=1S/C6H15OPS2/c1-4-8(7,9-5-2)10-6-3/h4-6H2,1-3H3. The van der Waals surface area contributed by atoms with Crippen molar-refractivity contribution in [1.29, 1.82) is 0 Å². The van der Waals surface area contributed by atoms with Crippen molar-refractivity contribution in [3.05, 3.63) is 0 Å². The zero-order valence-electron chi connectivity index (χ0n) is 6.79. The van der Waals surface area contributed by atoms with Gasteiger partial charge in [-0.05, 0) is 11.5 Å². The van der Waals surface area contributed by atoms with Crippen molar-refractivity contribution in [3.63, 3.8) is 0 Å². The van der Waals surface area contributed by atoms with Gasteiger partial charge in [0.25, 0.3) is 0 Å². The predicted molar refractivity (Wildman–Crippen MR) is 54.4 cm³/mol. The van der Waals surface area contributed by atoms with Gasteiger partial charge in [-0.2, -0.15) is 0 Å². The van der Waals surface area contributed by atoms with Crippen LogP contribution in [0.5, 0.6) is 0 Å². The molecule has 0 bridgehead atoms. The third-order valence-electron chi connectivity index (χ3n) is 1.04. The Morgan fingerprint density at radius 3 is 1.70 bits per heavy atom. The molecule has 0 fully saturated rings. The van der Waals surface area contributed by atoms with Gasteiger partial charge in [-0.1, -0.05) is 43.5 Å². The van der Waals surface area contributed by atoms with E-state index >= 15 is 0 Å². The molecule has 0 aliphatic heterocycles. The van der Waals surface area contributed by atoms with E-state index in [4.69, 9.17) is 0 Å². The van der Waals surface area contributed by atoms with Gasteiger partial charge in [0.1, 0.15) is 0 Å².